The summed E-state index contributed by atoms with van der Waals surface area (Å²) in [6.07, 6.45) is 2.35. The second kappa shape index (κ2) is 8.81. The van der Waals surface area contributed by atoms with Crippen molar-refractivity contribution in [3.05, 3.63) is 36.4 Å². The van der Waals surface area contributed by atoms with Crippen molar-refractivity contribution in [3.8, 4) is 5.75 Å². The smallest absolute Gasteiger partial charge is 0.243 e. The van der Waals surface area contributed by atoms with Crippen molar-refractivity contribution in [1.82, 2.24) is 24.4 Å². The third kappa shape index (κ3) is 4.53. The van der Waals surface area contributed by atoms with Gasteiger partial charge in [0.15, 0.2) is 5.82 Å². The molecule has 1 unspecified atom stereocenters. The highest BCUT2D eigenvalue weighted by Gasteiger charge is 2.32. The van der Waals surface area contributed by atoms with E-state index in [1.165, 1.54) is 6.33 Å². The van der Waals surface area contributed by atoms with Gasteiger partial charge < -0.3 is 10.1 Å². The number of aromatic nitrogens is 3. The number of hydrogen-bond acceptors (Lipinski definition) is 6. The van der Waals surface area contributed by atoms with Gasteiger partial charge >= 0.3 is 0 Å². The Hall–Kier alpha value is -1.68. The molecule has 1 N–H and O–H groups in total. The van der Waals surface area contributed by atoms with Crippen LogP contribution >= 0.6 is 12.4 Å². The lowest BCUT2D eigenvalue weighted by atomic mass is 10.1. The largest absolute Gasteiger partial charge is 0.486 e. The third-order valence-electron chi connectivity index (χ3n) is 4.38. The topological polar surface area (TPSA) is 89.3 Å². The molecule has 10 heteroatoms. The monoisotopic (exact) mass is 401 g/mol. The molecule has 1 aliphatic rings. The number of aryl methyl sites for hydroxylation is 1. The summed E-state index contributed by atoms with van der Waals surface area (Å²) in [6, 6.07) is 6.52. The molecule has 0 spiro atoms. The summed E-state index contributed by atoms with van der Waals surface area (Å²) in [7, 11) is 0.228. The Morgan fingerprint density at radius 1 is 1.31 bits per heavy atom. The lowest BCUT2D eigenvalue weighted by Crippen LogP contribution is -2.30. The van der Waals surface area contributed by atoms with E-state index in [1.54, 1.807) is 40.3 Å². The molecule has 2 heterocycles. The van der Waals surface area contributed by atoms with E-state index in [2.05, 4.69) is 15.4 Å². The molecule has 1 fully saturated rings. The first-order valence-electron chi connectivity index (χ1n) is 8.21. The predicted octanol–water partition coefficient (Wildman–Crippen LogP) is 1.05. The Morgan fingerprint density at radius 3 is 2.65 bits per heavy atom. The van der Waals surface area contributed by atoms with Crippen molar-refractivity contribution in [2.24, 2.45) is 13.0 Å². The van der Waals surface area contributed by atoms with Gasteiger partial charge in [-0.3, -0.25) is 4.68 Å². The summed E-state index contributed by atoms with van der Waals surface area (Å²) >= 11 is 0. The van der Waals surface area contributed by atoms with Crippen molar-refractivity contribution in [2.45, 2.75) is 17.9 Å². The molecule has 8 nitrogen and oxygen atoms in total. The minimum Gasteiger partial charge on any atom is -0.486 e. The van der Waals surface area contributed by atoms with E-state index in [0.29, 0.717) is 35.5 Å². The van der Waals surface area contributed by atoms with Gasteiger partial charge in [0, 0.05) is 20.1 Å². The molecular formula is C16H24ClN5O3S. The van der Waals surface area contributed by atoms with Crippen LogP contribution in [0.3, 0.4) is 0 Å². The van der Waals surface area contributed by atoms with Gasteiger partial charge in [-0.25, -0.2) is 13.4 Å². The Balaban J connectivity index is 0.00000243. The molecule has 1 atom stereocenters. The van der Waals surface area contributed by atoms with E-state index in [0.717, 1.165) is 13.0 Å². The quantitative estimate of drug-likeness (QED) is 0.745. The van der Waals surface area contributed by atoms with E-state index in [-0.39, 0.29) is 19.0 Å². The van der Waals surface area contributed by atoms with Crippen LogP contribution in [0.1, 0.15) is 12.2 Å². The van der Waals surface area contributed by atoms with Gasteiger partial charge in [0.2, 0.25) is 10.0 Å². The average Bonchev–Trinajstić information content (AvgIpc) is 3.23. The van der Waals surface area contributed by atoms with Gasteiger partial charge in [-0.15, -0.1) is 12.4 Å². The van der Waals surface area contributed by atoms with Gasteiger partial charge in [0.05, 0.1) is 4.90 Å². The van der Waals surface area contributed by atoms with Crippen LogP contribution in [-0.4, -0.2) is 54.2 Å². The van der Waals surface area contributed by atoms with Gasteiger partial charge in [-0.05, 0) is 50.2 Å². The highest BCUT2D eigenvalue weighted by atomic mass is 35.5. The standard InChI is InChI=1S/C16H23N5O3S.ClH/c1-17-9-13-7-8-21(10-13)25(22,23)15-5-3-14(4-6-15)24-11-16-18-12-19-20(16)2;/h3-6,12-13,17H,7-11H2,1-2H3;1H. The van der Waals surface area contributed by atoms with E-state index < -0.39 is 10.0 Å². The summed E-state index contributed by atoms with van der Waals surface area (Å²) in [6.45, 7) is 2.24. The summed E-state index contributed by atoms with van der Waals surface area (Å²) < 4.78 is 34.3. The average molecular weight is 402 g/mol. The summed E-state index contributed by atoms with van der Waals surface area (Å²) in [4.78, 5) is 4.38. The first-order chi connectivity index (χ1) is 12.0. The molecule has 26 heavy (non-hydrogen) atoms. The Kier molecular flexibility index (Phi) is 6.99. The van der Waals surface area contributed by atoms with Crippen molar-refractivity contribution < 1.29 is 13.2 Å². The van der Waals surface area contributed by atoms with Crippen molar-refractivity contribution in [3.63, 3.8) is 0 Å². The molecule has 0 amide bonds. The molecule has 0 bridgehead atoms. The SMILES string of the molecule is CNCC1CCN(S(=O)(=O)c2ccc(OCc3ncnn3C)cc2)C1.Cl. The fourth-order valence-corrected chi connectivity index (χ4v) is 4.46. The van der Waals surface area contributed by atoms with Gasteiger partial charge in [0.25, 0.3) is 0 Å². The third-order valence-corrected chi connectivity index (χ3v) is 6.26. The molecule has 0 aliphatic carbocycles. The van der Waals surface area contributed by atoms with Gasteiger partial charge in [0.1, 0.15) is 18.7 Å². The second-order valence-electron chi connectivity index (χ2n) is 6.14. The number of benzene rings is 1. The van der Waals surface area contributed by atoms with Crippen molar-refractivity contribution >= 4 is 22.4 Å². The maximum Gasteiger partial charge on any atom is 0.243 e. The zero-order valence-corrected chi connectivity index (χ0v) is 16.5. The summed E-state index contributed by atoms with van der Waals surface area (Å²) in [5, 5.41) is 7.08. The zero-order valence-electron chi connectivity index (χ0n) is 14.8. The van der Waals surface area contributed by atoms with Crippen LogP contribution in [0.2, 0.25) is 0 Å². The fraction of sp³-hybridized carbons (Fsp3) is 0.500. The molecule has 0 radical (unpaired) electrons. The highest BCUT2D eigenvalue weighted by molar-refractivity contribution is 7.89. The highest BCUT2D eigenvalue weighted by Crippen LogP contribution is 2.25. The molecule has 144 valence electrons. The Bertz CT molecular complexity index is 810. The van der Waals surface area contributed by atoms with Crippen LogP contribution in [0.5, 0.6) is 5.75 Å². The molecule has 0 saturated carbocycles. The van der Waals surface area contributed by atoms with Crippen LogP contribution in [0.15, 0.2) is 35.5 Å². The lowest BCUT2D eigenvalue weighted by Gasteiger charge is -2.17. The van der Waals surface area contributed by atoms with Crippen LogP contribution in [0, 0.1) is 5.92 Å². The van der Waals surface area contributed by atoms with Crippen LogP contribution < -0.4 is 10.1 Å². The number of halogens is 1. The number of ether oxygens (including phenoxy) is 1. The fourth-order valence-electron chi connectivity index (χ4n) is 2.93. The molecular weight excluding hydrogens is 378 g/mol. The second-order valence-corrected chi connectivity index (χ2v) is 8.07. The molecule has 2 aromatic rings. The van der Waals surface area contributed by atoms with Crippen LogP contribution in [0.25, 0.3) is 0 Å². The van der Waals surface area contributed by atoms with E-state index in [9.17, 15) is 8.42 Å². The molecule has 1 aliphatic heterocycles. The van der Waals surface area contributed by atoms with Gasteiger partial charge in [-0.1, -0.05) is 0 Å². The molecule has 1 aromatic heterocycles. The minimum absolute atomic E-state index is 0. The minimum atomic E-state index is -3.45. The first-order valence-corrected chi connectivity index (χ1v) is 9.65. The summed E-state index contributed by atoms with van der Waals surface area (Å²) in [5.41, 5.74) is 0. The van der Waals surface area contributed by atoms with Crippen molar-refractivity contribution in [2.75, 3.05) is 26.7 Å². The molecule has 1 saturated heterocycles. The van der Waals surface area contributed by atoms with E-state index >= 15 is 0 Å². The Morgan fingerprint density at radius 2 is 2.04 bits per heavy atom. The maximum atomic E-state index is 12.7. The maximum absolute atomic E-state index is 12.7. The van der Waals surface area contributed by atoms with Crippen molar-refractivity contribution in [1.29, 1.82) is 0 Å². The van der Waals surface area contributed by atoms with Crippen LogP contribution in [-0.2, 0) is 23.7 Å². The molecule has 1 aromatic carbocycles. The number of sulfonamides is 1. The normalized spacial score (nSPS) is 17.8. The van der Waals surface area contributed by atoms with Gasteiger partial charge in [-0.2, -0.15) is 9.40 Å². The Labute approximate surface area is 160 Å². The van der Waals surface area contributed by atoms with E-state index in [4.69, 9.17) is 4.74 Å². The summed E-state index contributed by atoms with van der Waals surface area (Å²) in [5.74, 6) is 1.66. The van der Waals surface area contributed by atoms with Crippen LogP contribution in [0.4, 0.5) is 0 Å². The number of hydrogen-bond donors (Lipinski definition) is 1. The number of nitrogens with zero attached hydrogens (tertiary/aromatic N) is 4. The lowest BCUT2D eigenvalue weighted by molar-refractivity contribution is 0.289. The number of rotatable bonds is 7. The predicted molar refractivity (Wildman–Crippen MR) is 99.8 cm³/mol. The zero-order chi connectivity index (χ0) is 17.9. The van der Waals surface area contributed by atoms with E-state index in [1.807, 2.05) is 7.05 Å². The molecule has 3 rings (SSSR count). The first kappa shape index (κ1) is 20.6. The number of nitrogens with one attached hydrogen (secondary N) is 1.